The van der Waals surface area contributed by atoms with E-state index >= 15 is 0 Å². The highest BCUT2D eigenvalue weighted by Gasteiger charge is 2.42. The van der Waals surface area contributed by atoms with E-state index in [-0.39, 0.29) is 30.0 Å². The van der Waals surface area contributed by atoms with E-state index < -0.39 is 23.6 Å². The third-order valence-corrected chi connectivity index (χ3v) is 4.38. The molecule has 1 fully saturated rings. The number of hydrogen-bond acceptors (Lipinski definition) is 8. The predicted octanol–water partition coefficient (Wildman–Crippen LogP) is 0.314. The second kappa shape index (κ2) is 6.62. The fourth-order valence-corrected chi connectivity index (χ4v) is 3.25. The minimum atomic E-state index is -0.513. The number of aromatic amines is 1. The molecule has 3 N–H and O–H groups in total. The summed E-state index contributed by atoms with van der Waals surface area (Å²) in [5.41, 5.74) is 6.35. The molecule has 1 aliphatic carbocycles. The number of ether oxygens (including phenoxy) is 2. The van der Waals surface area contributed by atoms with Gasteiger partial charge < -0.3 is 19.8 Å². The molecule has 0 radical (unpaired) electrons. The van der Waals surface area contributed by atoms with Gasteiger partial charge in [0.2, 0.25) is 5.95 Å². The van der Waals surface area contributed by atoms with Crippen molar-refractivity contribution >= 4 is 29.1 Å². The smallest absolute Gasteiger partial charge is 0.302 e. The molecule has 2 aromatic heterocycles. The van der Waals surface area contributed by atoms with Gasteiger partial charge in [0, 0.05) is 20.3 Å². The highest BCUT2D eigenvalue weighted by molar-refractivity contribution is 5.71. The van der Waals surface area contributed by atoms with E-state index in [0.29, 0.717) is 17.6 Å². The van der Waals surface area contributed by atoms with Gasteiger partial charge in [0.05, 0.1) is 18.3 Å². The molecule has 0 bridgehead atoms. The average Bonchev–Trinajstić information content (AvgIpc) is 3.06. The number of carbonyl (C=O) groups excluding carboxylic acids is 2. The maximum atomic E-state index is 12.0. The van der Waals surface area contributed by atoms with Gasteiger partial charge in [-0.2, -0.15) is 4.98 Å². The fourth-order valence-electron chi connectivity index (χ4n) is 3.25. The van der Waals surface area contributed by atoms with Crippen LogP contribution in [0, 0.1) is 5.92 Å². The van der Waals surface area contributed by atoms with Crippen LogP contribution in [0.5, 0.6) is 0 Å². The largest absolute Gasteiger partial charge is 0.465 e. The van der Waals surface area contributed by atoms with E-state index in [1.54, 1.807) is 4.57 Å². The maximum Gasteiger partial charge on any atom is 0.302 e. The third kappa shape index (κ3) is 3.17. The summed E-state index contributed by atoms with van der Waals surface area (Å²) in [6, 6.07) is -0.335. The van der Waals surface area contributed by atoms with Gasteiger partial charge in [0.1, 0.15) is 12.7 Å². The van der Waals surface area contributed by atoms with Crippen molar-refractivity contribution in [3.05, 3.63) is 28.8 Å². The number of esters is 2. The second-order valence-corrected chi connectivity index (χ2v) is 6.16. The zero-order valence-corrected chi connectivity index (χ0v) is 14.4. The molecule has 1 saturated carbocycles. The van der Waals surface area contributed by atoms with Gasteiger partial charge in [-0.25, -0.2) is 4.98 Å². The lowest BCUT2D eigenvalue weighted by molar-refractivity contribution is -0.150. The van der Waals surface area contributed by atoms with Crippen molar-refractivity contribution in [2.45, 2.75) is 32.4 Å². The first-order chi connectivity index (χ1) is 12.3. The molecule has 1 unspecified atom stereocenters. The molecule has 3 rings (SSSR count). The fraction of sp³-hybridized carbons (Fsp3) is 0.438. The van der Waals surface area contributed by atoms with Crippen molar-refractivity contribution in [2.24, 2.45) is 5.92 Å². The normalized spacial score (nSPS) is 22.5. The van der Waals surface area contributed by atoms with Crippen LogP contribution in [0.15, 0.2) is 23.3 Å². The molecule has 0 amide bonds. The number of carbonyl (C=O) groups is 2. The minimum absolute atomic E-state index is 0.0270. The second-order valence-electron chi connectivity index (χ2n) is 6.16. The number of H-pyrrole nitrogens is 1. The number of nitrogens with zero attached hydrogens (tertiary/aromatic N) is 3. The highest BCUT2D eigenvalue weighted by atomic mass is 16.6. The van der Waals surface area contributed by atoms with Crippen molar-refractivity contribution in [2.75, 3.05) is 12.3 Å². The minimum Gasteiger partial charge on any atom is -0.465 e. The van der Waals surface area contributed by atoms with Crippen LogP contribution in [0.3, 0.4) is 0 Å². The first-order valence-electron chi connectivity index (χ1n) is 7.99. The first kappa shape index (κ1) is 17.6. The monoisotopic (exact) mass is 361 g/mol. The van der Waals surface area contributed by atoms with Crippen LogP contribution in [0.25, 0.3) is 11.2 Å². The average molecular weight is 361 g/mol. The molecule has 2 heterocycles. The lowest BCUT2D eigenvalue weighted by Gasteiger charge is -2.19. The number of nitrogens with two attached hydrogens (primary N) is 1. The number of hydrogen-bond donors (Lipinski definition) is 2. The van der Waals surface area contributed by atoms with Gasteiger partial charge in [-0.15, -0.1) is 0 Å². The summed E-state index contributed by atoms with van der Waals surface area (Å²) in [7, 11) is 0. The van der Waals surface area contributed by atoms with Crippen LogP contribution in [0.2, 0.25) is 0 Å². The predicted molar refractivity (Wildman–Crippen MR) is 91.0 cm³/mol. The Morgan fingerprint density at radius 2 is 2.15 bits per heavy atom. The van der Waals surface area contributed by atoms with Crippen LogP contribution in [0.1, 0.15) is 26.3 Å². The zero-order chi connectivity index (χ0) is 19.0. The Kier molecular flexibility index (Phi) is 4.49. The number of nitrogens with one attached hydrogen (secondary N) is 1. The topological polar surface area (TPSA) is 142 Å². The summed E-state index contributed by atoms with van der Waals surface area (Å²) < 4.78 is 12.1. The number of aromatic nitrogens is 4. The Balaban J connectivity index is 1.97. The molecule has 138 valence electrons. The van der Waals surface area contributed by atoms with Crippen molar-refractivity contribution in [1.82, 2.24) is 19.5 Å². The third-order valence-electron chi connectivity index (χ3n) is 4.38. The summed E-state index contributed by atoms with van der Waals surface area (Å²) in [4.78, 5) is 45.2. The van der Waals surface area contributed by atoms with Crippen LogP contribution in [0.4, 0.5) is 5.95 Å². The summed E-state index contributed by atoms with van der Waals surface area (Å²) in [6.07, 6.45) is 1.35. The van der Waals surface area contributed by atoms with Crippen molar-refractivity contribution in [1.29, 1.82) is 0 Å². The number of fused-ring (bicyclic) bond motifs is 1. The van der Waals surface area contributed by atoms with E-state index in [1.165, 1.54) is 20.2 Å². The van der Waals surface area contributed by atoms with Crippen molar-refractivity contribution in [3.63, 3.8) is 0 Å². The van der Waals surface area contributed by atoms with Crippen molar-refractivity contribution < 1.29 is 19.1 Å². The van der Waals surface area contributed by atoms with E-state index in [0.717, 1.165) is 0 Å². The Bertz CT molecular complexity index is 946. The van der Waals surface area contributed by atoms with Gasteiger partial charge in [-0.3, -0.25) is 19.4 Å². The molecular formula is C16H19N5O5. The molecule has 26 heavy (non-hydrogen) atoms. The number of imidazole rings is 1. The lowest BCUT2D eigenvalue weighted by Crippen LogP contribution is -2.26. The van der Waals surface area contributed by atoms with Gasteiger partial charge >= 0.3 is 11.9 Å². The van der Waals surface area contributed by atoms with Gasteiger partial charge in [0.25, 0.3) is 5.56 Å². The van der Waals surface area contributed by atoms with Crippen LogP contribution >= 0.6 is 0 Å². The standard InChI is InChI=1S/C16H19N5O5/c1-7-10(5-25-8(2)22)12(26-9(3)23)4-11(7)21-6-18-13-14(21)19-16(17)20-15(13)24/h6,10-12H,1,4-5H2,2-3H3,(H3,17,19,20,24)/t10-,11?,12-/m0/s1. The Labute approximate surface area is 148 Å². The molecule has 0 saturated heterocycles. The van der Waals surface area contributed by atoms with Gasteiger partial charge in [-0.1, -0.05) is 6.58 Å². The Morgan fingerprint density at radius 1 is 1.42 bits per heavy atom. The SMILES string of the molecule is C=C1C(n2cnc3c(=O)[nH]c(N)nc32)C[C@H](OC(C)=O)[C@H]1COC(C)=O. The molecule has 1 aliphatic rings. The molecule has 2 aromatic rings. The Morgan fingerprint density at radius 3 is 2.81 bits per heavy atom. The van der Waals surface area contributed by atoms with E-state index in [4.69, 9.17) is 15.2 Å². The lowest BCUT2D eigenvalue weighted by atomic mass is 10.0. The summed E-state index contributed by atoms with van der Waals surface area (Å²) >= 11 is 0. The number of rotatable bonds is 4. The molecular weight excluding hydrogens is 342 g/mol. The quantitative estimate of drug-likeness (QED) is 0.585. The van der Waals surface area contributed by atoms with Crippen LogP contribution < -0.4 is 11.3 Å². The van der Waals surface area contributed by atoms with E-state index in [1.807, 2.05) is 0 Å². The van der Waals surface area contributed by atoms with E-state index in [9.17, 15) is 14.4 Å². The van der Waals surface area contributed by atoms with E-state index in [2.05, 4.69) is 21.5 Å². The summed E-state index contributed by atoms with van der Waals surface area (Å²) in [5, 5.41) is 0. The molecule has 0 aromatic carbocycles. The zero-order valence-electron chi connectivity index (χ0n) is 14.4. The molecule has 0 aliphatic heterocycles. The van der Waals surface area contributed by atoms with Gasteiger partial charge in [0.15, 0.2) is 11.2 Å². The maximum absolute atomic E-state index is 12.0. The van der Waals surface area contributed by atoms with Crippen LogP contribution in [-0.4, -0.2) is 44.2 Å². The highest BCUT2D eigenvalue weighted by Crippen LogP contribution is 2.41. The molecule has 0 spiro atoms. The number of anilines is 1. The van der Waals surface area contributed by atoms with Gasteiger partial charge in [-0.05, 0) is 5.57 Å². The molecule has 3 atom stereocenters. The summed E-state index contributed by atoms with van der Waals surface area (Å²) in [5.74, 6) is -1.27. The molecule has 10 nitrogen and oxygen atoms in total. The van der Waals surface area contributed by atoms with Crippen molar-refractivity contribution in [3.8, 4) is 0 Å². The van der Waals surface area contributed by atoms with Crippen LogP contribution in [-0.2, 0) is 19.1 Å². The summed E-state index contributed by atoms with van der Waals surface area (Å²) in [6.45, 7) is 6.75. The Hall–Kier alpha value is -3.17. The first-order valence-corrected chi connectivity index (χ1v) is 7.99. The molecule has 10 heteroatoms. The number of nitrogen functional groups attached to an aromatic ring is 1.